The van der Waals surface area contributed by atoms with Crippen molar-refractivity contribution in [3.8, 4) is 0 Å². The normalized spacial score (nSPS) is 24.5. The maximum absolute atomic E-state index is 12.2. The van der Waals surface area contributed by atoms with Gasteiger partial charge in [0.1, 0.15) is 5.60 Å². The highest BCUT2D eigenvalue weighted by atomic mass is 16.6. The molecule has 0 saturated carbocycles. The number of hydrogen-bond acceptors (Lipinski definition) is 6. The topological polar surface area (TPSA) is 72.9 Å². The fraction of sp³-hybridized carbons (Fsp3) is 0.909. The average molecular weight is 439 g/mol. The Bertz CT molecular complexity index is 595. The third-order valence-electron chi connectivity index (χ3n) is 6.06. The molecule has 0 aromatic carbocycles. The van der Waals surface area contributed by atoms with Crippen LogP contribution in [-0.4, -0.2) is 129 Å². The number of nitrogens with one attached hydrogen (secondary N) is 1. The van der Waals surface area contributed by atoms with E-state index in [0.29, 0.717) is 19.1 Å². The van der Waals surface area contributed by atoms with Gasteiger partial charge in [-0.05, 0) is 34.1 Å². The van der Waals surface area contributed by atoms with E-state index < -0.39 is 5.60 Å². The third-order valence-corrected chi connectivity index (χ3v) is 6.06. The molecule has 1 amide bonds. The molecule has 0 radical (unpaired) electrons. The number of carbonyl (C=O) groups excluding carboxylic acids is 1. The first-order valence-electron chi connectivity index (χ1n) is 11.9. The predicted octanol–water partition coefficient (Wildman–Crippen LogP) is 0.911. The molecule has 31 heavy (non-hydrogen) atoms. The van der Waals surface area contributed by atoms with Crippen molar-refractivity contribution in [3.63, 3.8) is 0 Å². The summed E-state index contributed by atoms with van der Waals surface area (Å²) in [4.78, 5) is 26.3. The highest BCUT2D eigenvalue weighted by Gasteiger charge is 2.30. The van der Waals surface area contributed by atoms with Crippen LogP contribution in [0.1, 0.15) is 34.1 Å². The van der Waals surface area contributed by atoms with Gasteiger partial charge in [-0.15, -0.1) is 0 Å². The molecule has 1 atom stereocenters. The quantitative estimate of drug-likeness (QED) is 0.505. The number of aliphatic imine (C=N–C) groups is 1. The molecule has 3 saturated heterocycles. The fourth-order valence-electron chi connectivity index (χ4n) is 4.38. The van der Waals surface area contributed by atoms with Crippen LogP contribution < -0.4 is 5.32 Å². The van der Waals surface area contributed by atoms with Crippen molar-refractivity contribution in [1.82, 2.24) is 24.9 Å². The maximum atomic E-state index is 12.2. The summed E-state index contributed by atoms with van der Waals surface area (Å²) in [5.74, 6) is 1.03. The molecule has 1 unspecified atom stereocenters. The highest BCUT2D eigenvalue weighted by molar-refractivity contribution is 5.80. The molecule has 0 aromatic heterocycles. The minimum Gasteiger partial charge on any atom is -0.444 e. The standard InChI is InChI=1S/C22H42N6O3/c1-5-23-20(28-8-6-19(18-28)26-14-16-30-17-15-26)24-7-9-25-10-12-27(13-11-25)21(29)31-22(2,3)4/h19H,5-18H2,1-4H3,(H,23,24). The minimum atomic E-state index is -0.442. The molecule has 0 bridgehead atoms. The first kappa shape index (κ1) is 24.1. The second-order valence-electron chi connectivity index (χ2n) is 9.58. The van der Waals surface area contributed by atoms with Crippen LogP contribution in [0.3, 0.4) is 0 Å². The number of likely N-dealkylation sites (tertiary alicyclic amines) is 1. The Hall–Kier alpha value is -1.58. The zero-order chi connectivity index (χ0) is 22.3. The molecule has 3 rings (SSSR count). The van der Waals surface area contributed by atoms with E-state index in [1.807, 2.05) is 25.7 Å². The lowest BCUT2D eigenvalue weighted by Crippen LogP contribution is -2.50. The van der Waals surface area contributed by atoms with Gasteiger partial charge in [-0.25, -0.2) is 4.79 Å². The van der Waals surface area contributed by atoms with Crippen molar-refractivity contribution in [2.45, 2.75) is 45.8 Å². The number of ether oxygens (including phenoxy) is 2. The van der Waals surface area contributed by atoms with Gasteiger partial charge in [-0.1, -0.05) is 0 Å². The van der Waals surface area contributed by atoms with Gasteiger partial charge in [0.05, 0.1) is 19.8 Å². The van der Waals surface area contributed by atoms with Gasteiger partial charge in [0.15, 0.2) is 5.96 Å². The van der Waals surface area contributed by atoms with Crippen molar-refractivity contribution in [2.75, 3.05) is 85.2 Å². The molecule has 3 aliphatic heterocycles. The number of morpholine rings is 1. The Morgan fingerprint density at radius 1 is 1.06 bits per heavy atom. The van der Waals surface area contributed by atoms with Crippen molar-refractivity contribution in [2.24, 2.45) is 4.99 Å². The van der Waals surface area contributed by atoms with E-state index in [1.54, 1.807) is 0 Å². The van der Waals surface area contributed by atoms with Gasteiger partial charge in [-0.2, -0.15) is 0 Å². The number of piperazine rings is 1. The molecule has 3 fully saturated rings. The average Bonchev–Trinajstić information content (AvgIpc) is 3.23. The van der Waals surface area contributed by atoms with Crippen molar-refractivity contribution in [1.29, 1.82) is 0 Å². The lowest BCUT2D eigenvalue weighted by Gasteiger charge is -2.35. The van der Waals surface area contributed by atoms with Crippen LogP contribution in [0.4, 0.5) is 4.79 Å². The molecule has 3 aliphatic rings. The van der Waals surface area contributed by atoms with Crippen LogP contribution in [0.25, 0.3) is 0 Å². The van der Waals surface area contributed by atoms with E-state index >= 15 is 0 Å². The van der Waals surface area contributed by atoms with Crippen LogP contribution in [0.5, 0.6) is 0 Å². The molecule has 0 aromatic rings. The molecule has 9 heteroatoms. The van der Waals surface area contributed by atoms with Crippen molar-refractivity contribution >= 4 is 12.1 Å². The third kappa shape index (κ3) is 7.50. The van der Waals surface area contributed by atoms with Crippen LogP contribution in [-0.2, 0) is 9.47 Å². The lowest BCUT2D eigenvalue weighted by atomic mass is 10.2. The Labute approximate surface area is 187 Å². The smallest absolute Gasteiger partial charge is 0.410 e. The van der Waals surface area contributed by atoms with E-state index in [0.717, 1.165) is 78.1 Å². The Kier molecular flexibility index (Phi) is 8.80. The fourth-order valence-corrected chi connectivity index (χ4v) is 4.38. The molecule has 1 N–H and O–H groups in total. The summed E-state index contributed by atoms with van der Waals surface area (Å²) < 4.78 is 11.0. The molecule has 178 valence electrons. The first-order chi connectivity index (χ1) is 14.9. The predicted molar refractivity (Wildman–Crippen MR) is 123 cm³/mol. The number of nitrogens with zero attached hydrogens (tertiary/aromatic N) is 5. The molecule has 9 nitrogen and oxygen atoms in total. The monoisotopic (exact) mass is 438 g/mol. The molecule has 3 heterocycles. The largest absolute Gasteiger partial charge is 0.444 e. The Balaban J connectivity index is 1.41. The number of hydrogen-bond donors (Lipinski definition) is 1. The number of rotatable bonds is 5. The molecular formula is C22H42N6O3. The number of carbonyl (C=O) groups is 1. The van der Waals surface area contributed by atoms with E-state index in [2.05, 4.69) is 26.9 Å². The van der Waals surface area contributed by atoms with Crippen LogP contribution in [0.15, 0.2) is 4.99 Å². The van der Waals surface area contributed by atoms with Gasteiger partial charge in [0.2, 0.25) is 0 Å². The molecule has 0 spiro atoms. The summed E-state index contributed by atoms with van der Waals surface area (Å²) in [6, 6.07) is 0.605. The van der Waals surface area contributed by atoms with Gasteiger partial charge in [-0.3, -0.25) is 14.8 Å². The van der Waals surface area contributed by atoms with Gasteiger partial charge < -0.3 is 24.6 Å². The first-order valence-corrected chi connectivity index (χ1v) is 11.9. The summed E-state index contributed by atoms with van der Waals surface area (Å²) in [6.45, 7) is 19.5. The Morgan fingerprint density at radius 3 is 2.42 bits per heavy atom. The lowest BCUT2D eigenvalue weighted by molar-refractivity contribution is 0.0148. The Morgan fingerprint density at radius 2 is 1.77 bits per heavy atom. The summed E-state index contributed by atoms with van der Waals surface area (Å²) in [7, 11) is 0. The zero-order valence-electron chi connectivity index (χ0n) is 19.9. The summed E-state index contributed by atoms with van der Waals surface area (Å²) >= 11 is 0. The van der Waals surface area contributed by atoms with Gasteiger partial charge >= 0.3 is 6.09 Å². The second kappa shape index (κ2) is 11.3. The van der Waals surface area contributed by atoms with Crippen molar-refractivity contribution < 1.29 is 14.3 Å². The second-order valence-corrected chi connectivity index (χ2v) is 9.58. The zero-order valence-corrected chi connectivity index (χ0v) is 19.9. The molecular weight excluding hydrogens is 396 g/mol. The van der Waals surface area contributed by atoms with Gasteiger partial charge in [0.25, 0.3) is 0 Å². The minimum absolute atomic E-state index is 0.205. The van der Waals surface area contributed by atoms with E-state index in [4.69, 9.17) is 14.5 Å². The van der Waals surface area contributed by atoms with E-state index in [1.165, 1.54) is 6.42 Å². The van der Waals surface area contributed by atoms with Crippen LogP contribution in [0, 0.1) is 0 Å². The summed E-state index contributed by atoms with van der Waals surface area (Å²) in [5, 5.41) is 3.47. The number of amides is 1. The summed E-state index contributed by atoms with van der Waals surface area (Å²) in [6.07, 6.45) is 0.986. The van der Waals surface area contributed by atoms with Crippen LogP contribution >= 0.6 is 0 Å². The maximum Gasteiger partial charge on any atom is 0.410 e. The van der Waals surface area contributed by atoms with Gasteiger partial charge in [0, 0.05) is 71.5 Å². The van der Waals surface area contributed by atoms with E-state index in [9.17, 15) is 4.79 Å². The van der Waals surface area contributed by atoms with E-state index in [-0.39, 0.29) is 6.09 Å². The van der Waals surface area contributed by atoms with Crippen LogP contribution in [0.2, 0.25) is 0 Å². The molecule has 0 aliphatic carbocycles. The number of guanidine groups is 1. The summed E-state index contributed by atoms with van der Waals surface area (Å²) in [5.41, 5.74) is -0.442. The SMILES string of the molecule is CCNC(=NCCN1CCN(C(=O)OC(C)(C)C)CC1)N1CCC(N2CCOCC2)C1. The highest BCUT2D eigenvalue weighted by Crippen LogP contribution is 2.17. The van der Waals surface area contributed by atoms with Crippen molar-refractivity contribution in [3.05, 3.63) is 0 Å².